The van der Waals surface area contributed by atoms with Crippen LogP contribution in [-0.4, -0.2) is 40.7 Å². The predicted octanol–water partition coefficient (Wildman–Crippen LogP) is 2.39. The van der Waals surface area contributed by atoms with Crippen LogP contribution in [0.25, 0.3) is 0 Å². The van der Waals surface area contributed by atoms with E-state index in [-0.39, 0.29) is 17.3 Å². The van der Waals surface area contributed by atoms with E-state index < -0.39 is 5.97 Å². The molecule has 0 radical (unpaired) electrons. The molecule has 1 saturated heterocycles. The number of carbonyl (C=O) groups excluding carboxylic acids is 1. The molecular formula is C20H24N4O3. The summed E-state index contributed by atoms with van der Waals surface area (Å²) < 4.78 is 6.72. The molecule has 0 N–H and O–H groups in total. The van der Waals surface area contributed by atoms with Gasteiger partial charge < -0.3 is 14.2 Å². The topological polar surface area (TPSA) is 77.3 Å². The summed E-state index contributed by atoms with van der Waals surface area (Å²) in [5.74, 6) is 0.978. The molecule has 27 heavy (non-hydrogen) atoms. The Kier molecular flexibility index (Phi) is 4.68. The molecule has 1 fully saturated rings. The molecule has 0 amide bonds. The maximum atomic E-state index is 12.5. The Labute approximate surface area is 158 Å². The van der Waals surface area contributed by atoms with Crippen molar-refractivity contribution in [1.29, 1.82) is 0 Å². The summed E-state index contributed by atoms with van der Waals surface area (Å²) in [6, 6.07) is 5.84. The van der Waals surface area contributed by atoms with Gasteiger partial charge in [-0.05, 0) is 24.8 Å². The van der Waals surface area contributed by atoms with E-state index in [1.54, 1.807) is 12.3 Å². The quantitative estimate of drug-likeness (QED) is 0.771. The van der Waals surface area contributed by atoms with E-state index in [1.807, 2.05) is 10.6 Å². The van der Waals surface area contributed by atoms with Crippen LogP contribution in [0.4, 0.5) is 5.82 Å². The van der Waals surface area contributed by atoms with Crippen LogP contribution in [0.1, 0.15) is 54.3 Å². The van der Waals surface area contributed by atoms with E-state index in [1.165, 1.54) is 13.3 Å². The lowest BCUT2D eigenvalue weighted by atomic mass is 9.77. The van der Waals surface area contributed by atoms with Gasteiger partial charge in [0.1, 0.15) is 5.82 Å². The van der Waals surface area contributed by atoms with Crippen LogP contribution < -0.4 is 10.5 Å². The van der Waals surface area contributed by atoms with Crippen LogP contribution in [0.15, 0.2) is 35.4 Å². The predicted molar refractivity (Wildman–Crippen MR) is 101 cm³/mol. The standard InChI is InChI=1S/C20H24N4O3/c1-3-5-16-13-8-14(17-6-4-7-19(25)24(16)17)12-23(11-13)18-10-21-15(9-22-18)20(26)27-2/h4,6-7,9-10,13-14,16H,3,5,8,11-12H2,1-2H3/t13-,14+,16-/m0/s1. The average Bonchev–Trinajstić information content (AvgIpc) is 2.70. The van der Waals surface area contributed by atoms with Crippen molar-refractivity contribution >= 4 is 11.8 Å². The molecule has 0 aromatic carbocycles. The number of aromatic nitrogens is 3. The largest absolute Gasteiger partial charge is 0.464 e. The average molecular weight is 368 g/mol. The van der Waals surface area contributed by atoms with Crippen molar-refractivity contribution < 1.29 is 9.53 Å². The van der Waals surface area contributed by atoms with Crippen LogP contribution in [0.5, 0.6) is 0 Å². The van der Waals surface area contributed by atoms with Gasteiger partial charge in [0, 0.05) is 36.8 Å². The van der Waals surface area contributed by atoms with Crippen LogP contribution in [0, 0.1) is 5.92 Å². The van der Waals surface area contributed by atoms with E-state index in [2.05, 4.69) is 32.6 Å². The van der Waals surface area contributed by atoms with Gasteiger partial charge in [0.2, 0.25) is 0 Å². The Hall–Kier alpha value is -2.70. The minimum atomic E-state index is -0.485. The van der Waals surface area contributed by atoms with Crippen molar-refractivity contribution in [2.75, 3.05) is 25.1 Å². The SMILES string of the molecule is CCC[C@H]1[C@H]2C[C@H](CN(c3cnc(C(=O)OC)cn3)C2)c2cccc(=O)n21. The molecular weight excluding hydrogens is 344 g/mol. The summed E-state index contributed by atoms with van der Waals surface area (Å²) in [5.41, 5.74) is 1.44. The number of rotatable bonds is 4. The van der Waals surface area contributed by atoms with Crippen LogP contribution in [-0.2, 0) is 4.74 Å². The summed E-state index contributed by atoms with van der Waals surface area (Å²) in [6.07, 6.45) is 6.24. The van der Waals surface area contributed by atoms with Crippen molar-refractivity contribution in [1.82, 2.24) is 14.5 Å². The number of ether oxygens (including phenoxy) is 1. The third-order valence-electron chi connectivity index (χ3n) is 5.74. The smallest absolute Gasteiger partial charge is 0.358 e. The molecule has 2 aromatic rings. The zero-order valence-electron chi connectivity index (χ0n) is 15.7. The third kappa shape index (κ3) is 3.11. The monoisotopic (exact) mass is 368 g/mol. The normalized spacial score (nSPS) is 23.6. The van der Waals surface area contributed by atoms with E-state index in [0.29, 0.717) is 11.8 Å². The molecule has 2 aromatic heterocycles. The van der Waals surface area contributed by atoms with Gasteiger partial charge in [-0.15, -0.1) is 0 Å². The van der Waals surface area contributed by atoms with Crippen LogP contribution in [0.2, 0.25) is 0 Å². The number of hydrogen-bond donors (Lipinski definition) is 0. The number of anilines is 1. The second-order valence-electron chi connectivity index (χ2n) is 7.36. The highest BCUT2D eigenvalue weighted by atomic mass is 16.5. The molecule has 2 aliphatic rings. The lowest BCUT2D eigenvalue weighted by Crippen LogP contribution is -2.49. The number of piperidine rings is 1. The molecule has 0 saturated carbocycles. The van der Waals surface area contributed by atoms with E-state index in [4.69, 9.17) is 0 Å². The first-order valence-electron chi connectivity index (χ1n) is 9.49. The molecule has 7 nitrogen and oxygen atoms in total. The van der Waals surface area contributed by atoms with Crippen molar-refractivity contribution in [3.05, 3.63) is 52.3 Å². The summed E-state index contributed by atoms with van der Waals surface area (Å²) >= 11 is 0. The Bertz CT molecular complexity index is 893. The fraction of sp³-hybridized carbons (Fsp3) is 0.500. The maximum Gasteiger partial charge on any atom is 0.358 e. The van der Waals surface area contributed by atoms with E-state index >= 15 is 0 Å². The minimum absolute atomic E-state index is 0.108. The van der Waals surface area contributed by atoms with Gasteiger partial charge in [0.15, 0.2) is 5.69 Å². The number of esters is 1. The van der Waals surface area contributed by atoms with Gasteiger partial charge >= 0.3 is 5.97 Å². The first kappa shape index (κ1) is 17.7. The first-order chi connectivity index (χ1) is 13.1. The molecule has 0 aliphatic carbocycles. The number of nitrogens with zero attached hydrogens (tertiary/aromatic N) is 4. The molecule has 0 unspecified atom stereocenters. The first-order valence-corrected chi connectivity index (χ1v) is 9.49. The van der Waals surface area contributed by atoms with Crippen molar-refractivity contribution in [3.8, 4) is 0 Å². The maximum absolute atomic E-state index is 12.5. The van der Waals surface area contributed by atoms with Crippen molar-refractivity contribution in [2.24, 2.45) is 5.92 Å². The molecule has 2 bridgehead atoms. The Balaban J connectivity index is 1.66. The number of carbonyl (C=O) groups is 1. The molecule has 3 atom stereocenters. The fourth-order valence-corrected chi connectivity index (χ4v) is 4.59. The lowest BCUT2D eigenvalue weighted by molar-refractivity contribution is 0.0593. The van der Waals surface area contributed by atoms with Gasteiger partial charge in [-0.2, -0.15) is 0 Å². The highest BCUT2D eigenvalue weighted by Gasteiger charge is 2.40. The third-order valence-corrected chi connectivity index (χ3v) is 5.74. The highest BCUT2D eigenvalue weighted by Crippen LogP contribution is 2.43. The summed E-state index contributed by atoms with van der Waals surface area (Å²) in [4.78, 5) is 35.0. The second-order valence-corrected chi connectivity index (χ2v) is 7.36. The lowest BCUT2D eigenvalue weighted by Gasteiger charge is -2.47. The number of hydrogen-bond acceptors (Lipinski definition) is 6. The fourth-order valence-electron chi connectivity index (χ4n) is 4.59. The second kappa shape index (κ2) is 7.13. The van der Waals surface area contributed by atoms with Crippen molar-refractivity contribution in [2.45, 2.75) is 38.1 Å². The zero-order valence-corrected chi connectivity index (χ0v) is 15.7. The summed E-state index contributed by atoms with van der Waals surface area (Å²) in [6.45, 7) is 3.80. The molecule has 2 aliphatic heterocycles. The molecule has 4 heterocycles. The number of pyridine rings is 1. The molecule has 7 heteroatoms. The van der Waals surface area contributed by atoms with Gasteiger partial charge in [-0.1, -0.05) is 19.4 Å². The van der Waals surface area contributed by atoms with Crippen LogP contribution in [0.3, 0.4) is 0 Å². The van der Waals surface area contributed by atoms with Gasteiger partial charge in [-0.25, -0.2) is 14.8 Å². The zero-order chi connectivity index (χ0) is 19.0. The van der Waals surface area contributed by atoms with Crippen LogP contribution >= 0.6 is 0 Å². The summed E-state index contributed by atoms with van der Waals surface area (Å²) in [5, 5.41) is 0. The number of fused-ring (bicyclic) bond motifs is 4. The minimum Gasteiger partial charge on any atom is -0.464 e. The van der Waals surface area contributed by atoms with Gasteiger partial charge in [-0.3, -0.25) is 4.79 Å². The Morgan fingerprint density at radius 2 is 2.11 bits per heavy atom. The molecule has 4 rings (SSSR count). The van der Waals surface area contributed by atoms with Gasteiger partial charge in [0.25, 0.3) is 5.56 Å². The molecule has 142 valence electrons. The Morgan fingerprint density at radius 1 is 1.26 bits per heavy atom. The van der Waals surface area contributed by atoms with E-state index in [0.717, 1.165) is 43.9 Å². The van der Waals surface area contributed by atoms with E-state index in [9.17, 15) is 9.59 Å². The van der Waals surface area contributed by atoms with Crippen molar-refractivity contribution in [3.63, 3.8) is 0 Å². The summed E-state index contributed by atoms with van der Waals surface area (Å²) in [7, 11) is 1.33. The van der Waals surface area contributed by atoms with Gasteiger partial charge in [0.05, 0.1) is 19.5 Å². The number of methoxy groups -OCH3 is 1. The highest BCUT2D eigenvalue weighted by molar-refractivity contribution is 5.86. The molecule has 0 spiro atoms. The Morgan fingerprint density at radius 3 is 2.81 bits per heavy atom.